The number of rotatable bonds is 3. The summed E-state index contributed by atoms with van der Waals surface area (Å²) >= 11 is 6.02. The predicted octanol–water partition coefficient (Wildman–Crippen LogP) is 2.77. The van der Waals surface area contributed by atoms with Crippen molar-refractivity contribution >= 4 is 11.6 Å². The van der Waals surface area contributed by atoms with E-state index in [0.29, 0.717) is 0 Å². The van der Waals surface area contributed by atoms with E-state index in [-0.39, 0.29) is 5.38 Å². The van der Waals surface area contributed by atoms with Gasteiger partial charge in [-0.15, -0.1) is 11.6 Å². The molecule has 1 aromatic rings. The van der Waals surface area contributed by atoms with E-state index in [2.05, 4.69) is 22.6 Å². The van der Waals surface area contributed by atoms with Gasteiger partial charge in [-0.05, 0) is 19.8 Å². The Morgan fingerprint density at radius 3 is 3.14 bits per heavy atom. The number of halogens is 1. The molecule has 0 saturated carbocycles. The molecular formula is C11H15ClN2. The van der Waals surface area contributed by atoms with Crippen LogP contribution in [-0.2, 0) is 13.0 Å². The van der Waals surface area contributed by atoms with Crippen molar-refractivity contribution in [3.63, 3.8) is 0 Å². The lowest BCUT2D eigenvalue weighted by atomic mass is 10.1. The van der Waals surface area contributed by atoms with E-state index in [1.54, 1.807) is 0 Å². The summed E-state index contributed by atoms with van der Waals surface area (Å²) in [5, 5.41) is 0.245. The number of aromatic nitrogens is 2. The predicted molar refractivity (Wildman–Crippen MR) is 58.6 cm³/mol. The molecule has 14 heavy (non-hydrogen) atoms. The van der Waals surface area contributed by atoms with E-state index in [4.69, 9.17) is 11.6 Å². The Morgan fingerprint density at radius 1 is 1.64 bits per heavy atom. The van der Waals surface area contributed by atoms with Crippen LogP contribution >= 0.6 is 11.6 Å². The first-order chi connectivity index (χ1) is 6.79. The van der Waals surface area contributed by atoms with Gasteiger partial charge in [0, 0.05) is 25.4 Å². The van der Waals surface area contributed by atoms with Crippen LogP contribution < -0.4 is 0 Å². The molecule has 2 nitrogen and oxygen atoms in total. The van der Waals surface area contributed by atoms with Crippen molar-refractivity contribution in [2.24, 2.45) is 0 Å². The van der Waals surface area contributed by atoms with Gasteiger partial charge >= 0.3 is 0 Å². The highest BCUT2D eigenvalue weighted by Gasteiger charge is 2.14. The fourth-order valence-electron chi connectivity index (χ4n) is 1.89. The van der Waals surface area contributed by atoms with Gasteiger partial charge in [-0.2, -0.15) is 0 Å². The van der Waals surface area contributed by atoms with Gasteiger partial charge in [0.25, 0.3) is 0 Å². The summed E-state index contributed by atoms with van der Waals surface area (Å²) in [6, 6.07) is 0. The Labute approximate surface area is 89.6 Å². The summed E-state index contributed by atoms with van der Waals surface area (Å²) in [4.78, 5) is 4.35. The summed E-state index contributed by atoms with van der Waals surface area (Å²) in [6.45, 7) is 3.13. The first-order valence-corrected chi connectivity index (χ1v) is 5.57. The van der Waals surface area contributed by atoms with E-state index in [1.165, 1.54) is 5.57 Å². The first kappa shape index (κ1) is 9.78. The van der Waals surface area contributed by atoms with Crippen LogP contribution in [0.25, 0.3) is 0 Å². The standard InChI is InChI=1S/C11H15ClN2/c1-2-14-6-5-13-11(14)8-9-3-4-10(12)7-9/h5-7,10H,2-4,8H2,1H3. The van der Waals surface area contributed by atoms with Crippen LogP contribution in [0, 0.1) is 0 Å². The number of imidazole rings is 1. The largest absolute Gasteiger partial charge is 0.335 e. The number of nitrogens with zero attached hydrogens (tertiary/aromatic N) is 2. The molecule has 1 aliphatic rings. The molecule has 1 atom stereocenters. The highest BCUT2D eigenvalue weighted by Crippen LogP contribution is 2.25. The second kappa shape index (κ2) is 4.18. The van der Waals surface area contributed by atoms with Gasteiger partial charge in [-0.1, -0.05) is 11.6 Å². The molecule has 3 heteroatoms. The lowest BCUT2D eigenvalue weighted by molar-refractivity contribution is 0.705. The zero-order chi connectivity index (χ0) is 9.97. The van der Waals surface area contributed by atoms with Gasteiger partial charge in [-0.3, -0.25) is 0 Å². The Hall–Kier alpha value is -0.760. The average molecular weight is 211 g/mol. The van der Waals surface area contributed by atoms with Crippen molar-refractivity contribution in [1.29, 1.82) is 0 Å². The second-order valence-corrected chi connectivity index (χ2v) is 4.25. The monoisotopic (exact) mass is 210 g/mol. The van der Waals surface area contributed by atoms with Crippen LogP contribution in [0.2, 0.25) is 0 Å². The lowest BCUT2D eigenvalue weighted by Crippen LogP contribution is -2.01. The van der Waals surface area contributed by atoms with Gasteiger partial charge in [0.15, 0.2) is 0 Å². The Balaban J connectivity index is 2.07. The van der Waals surface area contributed by atoms with E-state index >= 15 is 0 Å². The van der Waals surface area contributed by atoms with Gasteiger partial charge in [0.1, 0.15) is 5.82 Å². The SMILES string of the molecule is CCn1ccnc1CC1=CC(Cl)CC1. The van der Waals surface area contributed by atoms with Crippen molar-refractivity contribution < 1.29 is 0 Å². The summed E-state index contributed by atoms with van der Waals surface area (Å²) < 4.78 is 2.18. The van der Waals surface area contributed by atoms with Crippen molar-refractivity contribution in [1.82, 2.24) is 9.55 Å². The van der Waals surface area contributed by atoms with E-state index in [9.17, 15) is 0 Å². The quantitative estimate of drug-likeness (QED) is 0.554. The minimum atomic E-state index is 0.245. The number of aryl methyl sites for hydroxylation is 1. The fourth-order valence-corrected chi connectivity index (χ4v) is 2.18. The molecule has 0 saturated heterocycles. The van der Waals surface area contributed by atoms with Crippen molar-refractivity contribution in [2.75, 3.05) is 0 Å². The van der Waals surface area contributed by atoms with Crippen LogP contribution in [0.5, 0.6) is 0 Å². The van der Waals surface area contributed by atoms with E-state index < -0.39 is 0 Å². The first-order valence-electron chi connectivity index (χ1n) is 5.13. The van der Waals surface area contributed by atoms with Gasteiger partial charge in [0.2, 0.25) is 0 Å². The third kappa shape index (κ3) is 2.01. The zero-order valence-corrected chi connectivity index (χ0v) is 9.17. The maximum atomic E-state index is 6.02. The zero-order valence-electron chi connectivity index (χ0n) is 8.41. The number of alkyl halides is 1. The molecule has 0 bridgehead atoms. The van der Waals surface area contributed by atoms with Crippen LogP contribution in [0.3, 0.4) is 0 Å². The third-order valence-corrected chi connectivity index (χ3v) is 3.03. The highest BCUT2D eigenvalue weighted by molar-refractivity contribution is 6.22. The van der Waals surface area contributed by atoms with Crippen molar-refractivity contribution in [2.45, 2.75) is 38.1 Å². The normalized spacial score (nSPS) is 21.3. The van der Waals surface area contributed by atoms with Crippen LogP contribution in [0.4, 0.5) is 0 Å². The summed E-state index contributed by atoms with van der Waals surface area (Å²) in [6.07, 6.45) is 9.25. The lowest BCUT2D eigenvalue weighted by Gasteiger charge is -2.04. The maximum Gasteiger partial charge on any atom is 0.112 e. The second-order valence-electron chi connectivity index (χ2n) is 3.69. The Morgan fingerprint density at radius 2 is 2.50 bits per heavy atom. The molecule has 1 aliphatic carbocycles. The molecule has 1 unspecified atom stereocenters. The Kier molecular flexibility index (Phi) is 2.92. The van der Waals surface area contributed by atoms with Gasteiger partial charge < -0.3 is 4.57 Å². The molecule has 0 spiro atoms. The maximum absolute atomic E-state index is 6.02. The summed E-state index contributed by atoms with van der Waals surface area (Å²) in [5.74, 6) is 1.16. The van der Waals surface area contributed by atoms with E-state index in [1.807, 2.05) is 12.4 Å². The molecule has 1 aromatic heterocycles. The summed E-state index contributed by atoms with van der Waals surface area (Å²) in [7, 11) is 0. The smallest absolute Gasteiger partial charge is 0.112 e. The topological polar surface area (TPSA) is 17.8 Å². The van der Waals surface area contributed by atoms with Gasteiger partial charge in [-0.25, -0.2) is 4.98 Å². The fraction of sp³-hybridized carbons (Fsp3) is 0.545. The minimum Gasteiger partial charge on any atom is -0.335 e. The van der Waals surface area contributed by atoms with E-state index in [0.717, 1.165) is 31.6 Å². The molecule has 0 amide bonds. The van der Waals surface area contributed by atoms with Crippen molar-refractivity contribution in [3.05, 3.63) is 29.9 Å². The van der Waals surface area contributed by atoms with Crippen molar-refractivity contribution in [3.8, 4) is 0 Å². The van der Waals surface area contributed by atoms with Crippen LogP contribution in [0.15, 0.2) is 24.0 Å². The molecule has 0 N–H and O–H groups in total. The molecule has 0 radical (unpaired) electrons. The Bertz CT molecular complexity index is 341. The third-order valence-electron chi connectivity index (χ3n) is 2.69. The molecule has 2 rings (SSSR count). The highest BCUT2D eigenvalue weighted by atomic mass is 35.5. The average Bonchev–Trinajstić information content (AvgIpc) is 2.76. The molecule has 76 valence electrons. The number of allylic oxidation sites excluding steroid dienone is 2. The number of hydrogen-bond donors (Lipinski definition) is 0. The molecule has 0 fully saturated rings. The number of hydrogen-bond acceptors (Lipinski definition) is 1. The molecular weight excluding hydrogens is 196 g/mol. The van der Waals surface area contributed by atoms with Gasteiger partial charge in [0.05, 0.1) is 5.38 Å². The van der Waals surface area contributed by atoms with Crippen LogP contribution in [0.1, 0.15) is 25.6 Å². The van der Waals surface area contributed by atoms with Crippen LogP contribution in [-0.4, -0.2) is 14.9 Å². The molecule has 0 aromatic carbocycles. The molecule has 1 heterocycles. The summed E-state index contributed by atoms with van der Waals surface area (Å²) in [5.41, 5.74) is 1.44. The molecule has 0 aliphatic heterocycles. The minimum absolute atomic E-state index is 0.245.